The summed E-state index contributed by atoms with van der Waals surface area (Å²) in [5, 5.41) is 2.78. The number of hydrogen-bond donors (Lipinski definition) is 2. The Labute approximate surface area is 214 Å². The number of aryl methyl sites for hydroxylation is 1. The maximum Gasteiger partial charge on any atom is 0.241 e. The highest BCUT2D eigenvalue weighted by Gasteiger charge is 2.28. The molecule has 2 aliphatic rings. The molecule has 8 heteroatoms. The third-order valence-electron chi connectivity index (χ3n) is 7.34. The third-order valence-corrected chi connectivity index (χ3v) is 8.81. The number of anilines is 1. The molecule has 2 unspecified atom stereocenters. The van der Waals surface area contributed by atoms with Crippen LogP contribution >= 0.6 is 0 Å². The van der Waals surface area contributed by atoms with Gasteiger partial charge >= 0.3 is 0 Å². The quantitative estimate of drug-likeness (QED) is 0.474. The maximum absolute atomic E-state index is 13.3. The molecule has 194 valence electrons. The number of carbonyl (C=O) groups excluding carboxylic acids is 2. The maximum atomic E-state index is 13.3. The zero-order chi connectivity index (χ0) is 25.5. The van der Waals surface area contributed by atoms with Crippen molar-refractivity contribution in [2.24, 2.45) is 0 Å². The Kier molecular flexibility index (Phi) is 8.93. The van der Waals surface area contributed by atoms with E-state index in [0.29, 0.717) is 37.4 Å². The van der Waals surface area contributed by atoms with Crippen molar-refractivity contribution in [3.63, 3.8) is 0 Å². The van der Waals surface area contributed by atoms with Gasteiger partial charge < -0.3 is 10.2 Å². The second-order valence-corrected chi connectivity index (χ2v) is 11.6. The lowest BCUT2D eigenvalue weighted by molar-refractivity contribution is -0.121. The Hall–Kier alpha value is -2.55. The van der Waals surface area contributed by atoms with Gasteiger partial charge in [0.25, 0.3) is 0 Å². The van der Waals surface area contributed by atoms with E-state index in [1.807, 2.05) is 30.3 Å². The topological polar surface area (TPSA) is 95.6 Å². The highest BCUT2D eigenvalue weighted by atomic mass is 32.2. The second kappa shape index (κ2) is 12.1. The van der Waals surface area contributed by atoms with Crippen LogP contribution in [0.4, 0.5) is 5.69 Å². The number of carbonyl (C=O) groups is 2. The number of sulfonamides is 1. The lowest BCUT2D eigenvalue weighted by Crippen LogP contribution is -2.43. The lowest BCUT2D eigenvalue weighted by atomic mass is 9.98. The van der Waals surface area contributed by atoms with E-state index in [0.717, 1.165) is 37.1 Å². The Morgan fingerprint density at radius 2 is 1.94 bits per heavy atom. The standard InChI is InChI=1S/C28H37N3O4S/c1-2-23-11-6-7-17-31(23)18-8-12-27(32)26(19-21-9-4-3-5-10-21)30-36(34,35)24-14-15-25-22(20-24)13-16-28(33)29-25/h3-5,9-10,14-15,20,23,26,30H,2,6-8,11-13,16-19H2,1H3,(H,29,33). The van der Waals surface area contributed by atoms with Crippen molar-refractivity contribution >= 4 is 27.4 Å². The summed E-state index contributed by atoms with van der Waals surface area (Å²) in [6.45, 7) is 4.16. The Balaban J connectivity index is 1.46. The molecule has 2 heterocycles. The van der Waals surface area contributed by atoms with E-state index in [2.05, 4.69) is 21.9 Å². The van der Waals surface area contributed by atoms with Crippen molar-refractivity contribution in [2.75, 3.05) is 18.4 Å². The molecule has 0 bridgehead atoms. The van der Waals surface area contributed by atoms with Crippen molar-refractivity contribution < 1.29 is 18.0 Å². The fourth-order valence-corrected chi connectivity index (χ4v) is 6.57. The van der Waals surface area contributed by atoms with Crippen molar-refractivity contribution in [3.8, 4) is 0 Å². The fourth-order valence-electron chi connectivity index (χ4n) is 5.30. The molecule has 1 saturated heterocycles. The number of benzene rings is 2. The minimum absolute atomic E-state index is 0.0698. The number of rotatable bonds is 11. The molecule has 2 aliphatic heterocycles. The summed E-state index contributed by atoms with van der Waals surface area (Å²) in [6, 6.07) is 14.0. The largest absolute Gasteiger partial charge is 0.326 e. The van der Waals surface area contributed by atoms with Gasteiger partial charge in [0.2, 0.25) is 15.9 Å². The van der Waals surface area contributed by atoms with E-state index in [-0.39, 0.29) is 16.6 Å². The summed E-state index contributed by atoms with van der Waals surface area (Å²) in [4.78, 5) is 27.6. The number of hydrogen-bond acceptors (Lipinski definition) is 5. The van der Waals surface area contributed by atoms with Crippen LogP contribution in [0.25, 0.3) is 0 Å². The van der Waals surface area contributed by atoms with E-state index in [9.17, 15) is 18.0 Å². The number of piperidine rings is 1. The molecule has 36 heavy (non-hydrogen) atoms. The fraction of sp³-hybridized carbons (Fsp3) is 0.500. The lowest BCUT2D eigenvalue weighted by Gasteiger charge is -2.35. The molecule has 0 aromatic heterocycles. The summed E-state index contributed by atoms with van der Waals surface area (Å²) in [6.07, 6.45) is 6.99. The van der Waals surface area contributed by atoms with Crippen LogP contribution in [0, 0.1) is 0 Å². The van der Waals surface area contributed by atoms with Crippen LogP contribution in [0.5, 0.6) is 0 Å². The van der Waals surface area contributed by atoms with Gasteiger partial charge in [0.15, 0.2) is 5.78 Å². The molecule has 2 aromatic carbocycles. The molecule has 2 N–H and O–H groups in total. The molecule has 0 spiro atoms. The number of Topliss-reactive ketones (excluding diaryl/α,β-unsaturated/α-hetero) is 1. The SMILES string of the molecule is CCC1CCCCN1CCCC(=O)C(Cc1ccccc1)NS(=O)(=O)c1ccc2c(c1)CCC(=O)N2. The Bertz CT molecular complexity index is 1170. The monoisotopic (exact) mass is 511 g/mol. The van der Waals surface area contributed by atoms with Gasteiger partial charge in [-0.3, -0.25) is 9.59 Å². The number of fused-ring (bicyclic) bond motifs is 1. The molecule has 2 atom stereocenters. The molecule has 4 rings (SSSR count). The van der Waals surface area contributed by atoms with Crippen LogP contribution in [0.1, 0.15) is 63.0 Å². The third kappa shape index (κ3) is 6.81. The van der Waals surface area contributed by atoms with E-state index < -0.39 is 16.1 Å². The van der Waals surface area contributed by atoms with Crippen molar-refractivity contribution in [2.45, 2.75) is 81.7 Å². The number of nitrogens with zero attached hydrogens (tertiary/aromatic N) is 1. The van der Waals surface area contributed by atoms with Gasteiger partial charge in [0.1, 0.15) is 0 Å². The first-order valence-electron chi connectivity index (χ1n) is 13.1. The molecule has 0 aliphatic carbocycles. The summed E-state index contributed by atoms with van der Waals surface area (Å²) in [5.74, 6) is -0.155. The molecular weight excluding hydrogens is 474 g/mol. The smallest absolute Gasteiger partial charge is 0.241 e. The Morgan fingerprint density at radius 3 is 2.72 bits per heavy atom. The van der Waals surface area contributed by atoms with Gasteiger partial charge in [-0.05, 0) is 80.9 Å². The van der Waals surface area contributed by atoms with Gasteiger partial charge in [-0.25, -0.2) is 13.1 Å². The van der Waals surface area contributed by atoms with Crippen LogP contribution < -0.4 is 10.0 Å². The minimum atomic E-state index is -3.92. The summed E-state index contributed by atoms with van der Waals surface area (Å²) in [5.41, 5.74) is 2.34. The first kappa shape index (κ1) is 26.5. The summed E-state index contributed by atoms with van der Waals surface area (Å²) >= 11 is 0. The molecule has 1 amide bonds. The summed E-state index contributed by atoms with van der Waals surface area (Å²) in [7, 11) is -3.92. The number of amides is 1. The van der Waals surface area contributed by atoms with Crippen LogP contribution in [-0.2, 0) is 32.5 Å². The first-order chi connectivity index (χ1) is 17.4. The van der Waals surface area contributed by atoms with Crippen LogP contribution in [0.2, 0.25) is 0 Å². The van der Waals surface area contributed by atoms with E-state index >= 15 is 0 Å². The van der Waals surface area contributed by atoms with Gasteiger partial charge in [-0.1, -0.05) is 43.7 Å². The predicted molar refractivity (Wildman–Crippen MR) is 141 cm³/mol. The number of ketones is 1. The zero-order valence-corrected chi connectivity index (χ0v) is 21.9. The predicted octanol–water partition coefficient (Wildman–Crippen LogP) is 4.07. The minimum Gasteiger partial charge on any atom is -0.326 e. The van der Waals surface area contributed by atoms with Crippen molar-refractivity contribution in [1.29, 1.82) is 0 Å². The van der Waals surface area contributed by atoms with Gasteiger partial charge in [-0.2, -0.15) is 0 Å². The average molecular weight is 512 g/mol. The molecule has 0 radical (unpaired) electrons. The van der Waals surface area contributed by atoms with E-state index in [1.54, 1.807) is 12.1 Å². The highest BCUT2D eigenvalue weighted by Crippen LogP contribution is 2.26. The van der Waals surface area contributed by atoms with Gasteiger partial charge in [0, 0.05) is 24.6 Å². The van der Waals surface area contributed by atoms with Crippen molar-refractivity contribution in [1.82, 2.24) is 9.62 Å². The van der Waals surface area contributed by atoms with Crippen LogP contribution in [-0.4, -0.2) is 50.2 Å². The molecule has 1 fully saturated rings. The van der Waals surface area contributed by atoms with Crippen LogP contribution in [0.3, 0.4) is 0 Å². The molecular formula is C28H37N3O4S. The number of nitrogens with one attached hydrogen (secondary N) is 2. The van der Waals surface area contributed by atoms with Gasteiger partial charge in [-0.15, -0.1) is 0 Å². The average Bonchev–Trinajstić information content (AvgIpc) is 2.88. The van der Waals surface area contributed by atoms with E-state index in [1.165, 1.54) is 25.3 Å². The second-order valence-electron chi connectivity index (χ2n) is 9.89. The first-order valence-corrected chi connectivity index (χ1v) is 14.6. The summed E-state index contributed by atoms with van der Waals surface area (Å²) < 4.78 is 29.4. The van der Waals surface area contributed by atoms with E-state index in [4.69, 9.17) is 0 Å². The normalized spacial score (nSPS) is 19.4. The van der Waals surface area contributed by atoms with Crippen LogP contribution in [0.15, 0.2) is 53.4 Å². The molecule has 7 nitrogen and oxygen atoms in total. The van der Waals surface area contributed by atoms with Gasteiger partial charge in [0.05, 0.1) is 10.9 Å². The highest BCUT2D eigenvalue weighted by molar-refractivity contribution is 7.89. The Morgan fingerprint density at radius 1 is 1.14 bits per heavy atom. The number of likely N-dealkylation sites (tertiary alicyclic amines) is 1. The zero-order valence-electron chi connectivity index (χ0n) is 21.0. The molecule has 2 aromatic rings. The van der Waals surface area contributed by atoms with Crippen molar-refractivity contribution in [3.05, 3.63) is 59.7 Å². The molecule has 0 saturated carbocycles.